The van der Waals surface area contributed by atoms with Gasteiger partial charge in [-0.1, -0.05) is 6.07 Å². The van der Waals surface area contributed by atoms with Gasteiger partial charge in [0, 0.05) is 13.1 Å². The first-order valence-electron chi connectivity index (χ1n) is 6.98. The van der Waals surface area contributed by atoms with Gasteiger partial charge >= 0.3 is 5.76 Å². The van der Waals surface area contributed by atoms with Gasteiger partial charge in [-0.25, -0.2) is 4.79 Å². The van der Waals surface area contributed by atoms with Gasteiger partial charge in [0.1, 0.15) is 0 Å². The summed E-state index contributed by atoms with van der Waals surface area (Å²) in [7, 11) is 1.72. The number of nitrogens with two attached hydrogens (primary N) is 1. The number of nitrogens with zero attached hydrogens (tertiary/aromatic N) is 1. The van der Waals surface area contributed by atoms with Gasteiger partial charge in [0.25, 0.3) is 0 Å². The number of aryl methyl sites for hydroxylation is 1. The molecule has 1 aromatic carbocycles. The van der Waals surface area contributed by atoms with Crippen LogP contribution in [0.2, 0.25) is 0 Å². The van der Waals surface area contributed by atoms with Crippen LogP contribution in [-0.2, 0) is 7.05 Å². The number of oxazole rings is 1. The van der Waals surface area contributed by atoms with E-state index in [1.54, 1.807) is 7.05 Å². The first-order chi connectivity index (χ1) is 9.13. The lowest BCUT2D eigenvalue weighted by molar-refractivity contribution is 0.404. The number of hydrogen-bond donors (Lipinski definition) is 1. The summed E-state index contributed by atoms with van der Waals surface area (Å²) >= 11 is 0. The van der Waals surface area contributed by atoms with E-state index < -0.39 is 0 Å². The standard InChI is InChI=1S/C15H18N2O2/c1-17-12-3-2-8(7-13(12)19-15(17)18)14(16)11-5-9-4-10(9)6-11/h2-3,7,9-11,14H,4-6,16H2,1H3. The number of rotatable bonds is 2. The van der Waals surface area contributed by atoms with Crippen LogP contribution in [0.1, 0.15) is 30.9 Å². The van der Waals surface area contributed by atoms with Crippen molar-refractivity contribution in [1.29, 1.82) is 0 Å². The highest BCUT2D eigenvalue weighted by Gasteiger charge is 2.47. The summed E-state index contributed by atoms with van der Waals surface area (Å²) in [5.41, 5.74) is 8.95. The summed E-state index contributed by atoms with van der Waals surface area (Å²) in [5, 5.41) is 0. The molecule has 2 saturated carbocycles. The van der Waals surface area contributed by atoms with Gasteiger partial charge in [0.15, 0.2) is 5.58 Å². The van der Waals surface area contributed by atoms with Crippen LogP contribution in [0, 0.1) is 17.8 Å². The van der Waals surface area contributed by atoms with Crippen LogP contribution in [-0.4, -0.2) is 4.57 Å². The zero-order valence-corrected chi connectivity index (χ0v) is 11.0. The van der Waals surface area contributed by atoms with Crippen LogP contribution < -0.4 is 11.5 Å². The summed E-state index contributed by atoms with van der Waals surface area (Å²) in [5.74, 6) is 2.16. The van der Waals surface area contributed by atoms with Crippen molar-refractivity contribution in [3.05, 3.63) is 34.3 Å². The van der Waals surface area contributed by atoms with E-state index in [4.69, 9.17) is 10.2 Å². The summed E-state index contributed by atoms with van der Waals surface area (Å²) in [4.78, 5) is 11.5. The average molecular weight is 258 g/mol. The minimum Gasteiger partial charge on any atom is -0.408 e. The lowest BCUT2D eigenvalue weighted by atomic mass is 9.90. The molecule has 4 nitrogen and oxygen atoms in total. The van der Waals surface area contributed by atoms with Crippen LogP contribution in [0.5, 0.6) is 0 Å². The molecular weight excluding hydrogens is 240 g/mol. The minimum absolute atomic E-state index is 0.0720. The fraction of sp³-hybridized carbons (Fsp3) is 0.533. The van der Waals surface area contributed by atoms with Crippen molar-refractivity contribution in [2.24, 2.45) is 30.5 Å². The SMILES string of the molecule is Cn1c(=O)oc2cc(C(N)C3CC4CC4C3)ccc21. The van der Waals surface area contributed by atoms with Crippen molar-refractivity contribution in [3.8, 4) is 0 Å². The van der Waals surface area contributed by atoms with Crippen molar-refractivity contribution in [2.45, 2.75) is 25.3 Å². The van der Waals surface area contributed by atoms with Gasteiger partial charge in [0.2, 0.25) is 0 Å². The van der Waals surface area contributed by atoms with Crippen LogP contribution >= 0.6 is 0 Å². The van der Waals surface area contributed by atoms with Gasteiger partial charge in [-0.3, -0.25) is 4.57 Å². The van der Waals surface area contributed by atoms with Crippen LogP contribution in [0.15, 0.2) is 27.4 Å². The van der Waals surface area contributed by atoms with Crippen LogP contribution in [0.4, 0.5) is 0 Å². The van der Waals surface area contributed by atoms with Crippen molar-refractivity contribution in [1.82, 2.24) is 4.57 Å². The molecule has 1 heterocycles. The molecule has 0 spiro atoms. The van der Waals surface area contributed by atoms with E-state index in [1.807, 2.05) is 18.2 Å². The molecule has 3 atom stereocenters. The van der Waals surface area contributed by atoms with E-state index in [0.717, 1.165) is 22.9 Å². The Morgan fingerprint density at radius 3 is 2.79 bits per heavy atom. The highest BCUT2D eigenvalue weighted by atomic mass is 16.4. The number of hydrogen-bond acceptors (Lipinski definition) is 3. The lowest BCUT2D eigenvalue weighted by Gasteiger charge is -2.20. The van der Waals surface area contributed by atoms with Gasteiger partial charge < -0.3 is 10.2 Å². The van der Waals surface area contributed by atoms with E-state index in [1.165, 1.54) is 23.8 Å². The first-order valence-corrected chi connectivity index (χ1v) is 6.98. The molecule has 2 fully saturated rings. The molecule has 4 heteroatoms. The highest BCUT2D eigenvalue weighted by molar-refractivity contribution is 5.73. The monoisotopic (exact) mass is 258 g/mol. The average Bonchev–Trinajstić information content (AvgIpc) is 2.91. The topological polar surface area (TPSA) is 61.2 Å². The fourth-order valence-corrected chi connectivity index (χ4v) is 3.68. The van der Waals surface area contributed by atoms with E-state index in [2.05, 4.69) is 0 Å². The summed E-state index contributed by atoms with van der Waals surface area (Å²) in [6.07, 6.45) is 3.95. The Labute approximate surface area is 111 Å². The summed E-state index contributed by atoms with van der Waals surface area (Å²) in [6.45, 7) is 0. The number of benzene rings is 1. The Bertz CT molecular complexity index is 690. The predicted octanol–water partition coefficient (Wildman–Crippen LogP) is 2.18. The van der Waals surface area contributed by atoms with E-state index in [9.17, 15) is 4.79 Å². The van der Waals surface area contributed by atoms with Crippen molar-refractivity contribution in [3.63, 3.8) is 0 Å². The maximum atomic E-state index is 11.5. The van der Waals surface area contributed by atoms with Crippen LogP contribution in [0.25, 0.3) is 11.1 Å². The van der Waals surface area contributed by atoms with E-state index in [-0.39, 0.29) is 11.8 Å². The summed E-state index contributed by atoms with van der Waals surface area (Å²) < 4.78 is 6.76. The third kappa shape index (κ3) is 1.66. The van der Waals surface area contributed by atoms with Crippen molar-refractivity contribution in [2.75, 3.05) is 0 Å². The molecule has 100 valence electrons. The molecule has 4 rings (SSSR count). The second-order valence-electron chi connectivity index (χ2n) is 6.17. The second-order valence-corrected chi connectivity index (χ2v) is 6.17. The third-order valence-corrected chi connectivity index (χ3v) is 4.99. The molecule has 1 aromatic heterocycles. The van der Waals surface area contributed by atoms with Gasteiger partial charge in [-0.2, -0.15) is 0 Å². The molecule has 0 radical (unpaired) electrons. The van der Waals surface area contributed by atoms with Gasteiger partial charge in [-0.05, 0) is 54.7 Å². The molecule has 3 unspecified atom stereocenters. The molecule has 0 saturated heterocycles. The number of fused-ring (bicyclic) bond motifs is 2. The maximum Gasteiger partial charge on any atom is 0.419 e. The fourth-order valence-electron chi connectivity index (χ4n) is 3.68. The minimum atomic E-state index is -0.317. The Morgan fingerprint density at radius 2 is 2.05 bits per heavy atom. The Morgan fingerprint density at radius 1 is 1.32 bits per heavy atom. The van der Waals surface area contributed by atoms with Crippen LogP contribution in [0.3, 0.4) is 0 Å². The maximum absolute atomic E-state index is 11.5. The molecule has 2 aliphatic rings. The molecule has 0 aliphatic heterocycles. The Balaban J connectivity index is 1.68. The molecular formula is C15H18N2O2. The van der Waals surface area contributed by atoms with E-state index in [0.29, 0.717) is 11.5 Å². The van der Waals surface area contributed by atoms with E-state index >= 15 is 0 Å². The zero-order valence-electron chi connectivity index (χ0n) is 11.0. The summed E-state index contributed by atoms with van der Waals surface area (Å²) in [6, 6.07) is 5.98. The largest absolute Gasteiger partial charge is 0.419 e. The number of aromatic nitrogens is 1. The smallest absolute Gasteiger partial charge is 0.408 e. The third-order valence-electron chi connectivity index (χ3n) is 4.99. The second kappa shape index (κ2) is 3.73. The normalized spacial score (nSPS) is 30.5. The zero-order chi connectivity index (χ0) is 13.1. The molecule has 2 aliphatic carbocycles. The Hall–Kier alpha value is -1.55. The predicted molar refractivity (Wildman–Crippen MR) is 72.7 cm³/mol. The lowest BCUT2D eigenvalue weighted by Crippen LogP contribution is -2.20. The molecule has 19 heavy (non-hydrogen) atoms. The highest BCUT2D eigenvalue weighted by Crippen LogP contribution is 2.56. The quantitative estimate of drug-likeness (QED) is 0.898. The molecule has 0 amide bonds. The molecule has 2 N–H and O–H groups in total. The first kappa shape index (κ1) is 11.3. The molecule has 0 bridgehead atoms. The van der Waals surface area contributed by atoms with Crippen molar-refractivity contribution >= 4 is 11.1 Å². The van der Waals surface area contributed by atoms with Gasteiger partial charge in [-0.15, -0.1) is 0 Å². The Kier molecular flexibility index (Phi) is 2.22. The van der Waals surface area contributed by atoms with Gasteiger partial charge in [0.05, 0.1) is 5.52 Å². The van der Waals surface area contributed by atoms with Crippen molar-refractivity contribution < 1.29 is 4.42 Å². The molecule has 2 aromatic rings.